The predicted octanol–water partition coefficient (Wildman–Crippen LogP) is 4.12. The van der Waals surface area contributed by atoms with E-state index in [0.29, 0.717) is 0 Å². The van der Waals surface area contributed by atoms with Crippen molar-refractivity contribution in [3.05, 3.63) is 108 Å². The zero-order chi connectivity index (χ0) is 19.0. The molecule has 0 radical (unpaired) electrons. The van der Waals surface area contributed by atoms with E-state index < -0.39 is 0 Å². The first-order chi connectivity index (χ1) is 13.9. The Labute approximate surface area is 164 Å². The number of aromatic nitrogens is 4. The van der Waals surface area contributed by atoms with E-state index >= 15 is 0 Å². The van der Waals surface area contributed by atoms with E-state index in [2.05, 4.69) is 56.0 Å². The summed E-state index contributed by atoms with van der Waals surface area (Å²) in [7, 11) is 0. The molecule has 0 spiro atoms. The van der Waals surface area contributed by atoms with Crippen LogP contribution in [0.5, 0.6) is 0 Å². The summed E-state index contributed by atoms with van der Waals surface area (Å²) in [5, 5.41) is 0. The third-order valence-electron chi connectivity index (χ3n) is 4.33. The second-order valence-electron chi connectivity index (χ2n) is 6.32. The van der Waals surface area contributed by atoms with Gasteiger partial charge in [-0.3, -0.25) is 19.9 Å². The van der Waals surface area contributed by atoms with Crippen LogP contribution in [0.15, 0.2) is 85.7 Å². The van der Waals surface area contributed by atoms with Crippen LogP contribution in [0, 0.1) is 11.8 Å². The Morgan fingerprint density at radius 2 is 1.07 bits per heavy atom. The van der Waals surface area contributed by atoms with E-state index in [4.69, 9.17) is 0 Å². The van der Waals surface area contributed by atoms with Crippen molar-refractivity contribution in [2.75, 3.05) is 0 Å². The van der Waals surface area contributed by atoms with E-state index in [1.807, 2.05) is 42.9 Å². The third kappa shape index (κ3) is 4.66. The van der Waals surface area contributed by atoms with Crippen LogP contribution in [0.4, 0.5) is 0 Å². The van der Waals surface area contributed by atoms with Gasteiger partial charge in [0.15, 0.2) is 0 Å². The lowest BCUT2D eigenvalue weighted by molar-refractivity contribution is 0.951. The Hall–Kier alpha value is -3.84. The summed E-state index contributed by atoms with van der Waals surface area (Å²) < 4.78 is 0. The van der Waals surface area contributed by atoms with Gasteiger partial charge in [-0.25, -0.2) is 0 Å². The first-order valence-electron chi connectivity index (χ1n) is 9.09. The Morgan fingerprint density at radius 3 is 1.86 bits per heavy atom. The maximum absolute atomic E-state index is 4.50. The van der Waals surface area contributed by atoms with Gasteiger partial charge in [-0.1, -0.05) is 11.8 Å². The van der Waals surface area contributed by atoms with Crippen molar-refractivity contribution in [3.63, 3.8) is 0 Å². The highest BCUT2D eigenvalue weighted by Gasteiger charge is 2.04. The maximum atomic E-state index is 4.50. The van der Waals surface area contributed by atoms with Gasteiger partial charge in [-0.05, 0) is 72.5 Å². The topological polar surface area (TPSA) is 51.6 Å². The van der Waals surface area contributed by atoms with E-state index in [0.717, 1.165) is 35.4 Å². The van der Waals surface area contributed by atoms with Gasteiger partial charge >= 0.3 is 0 Å². The zero-order valence-electron chi connectivity index (χ0n) is 15.3. The molecule has 4 aromatic rings. The van der Waals surface area contributed by atoms with Crippen molar-refractivity contribution in [2.24, 2.45) is 0 Å². The summed E-state index contributed by atoms with van der Waals surface area (Å²) in [5.41, 5.74) is 6.04. The summed E-state index contributed by atoms with van der Waals surface area (Å²) in [4.78, 5) is 17.0. The summed E-state index contributed by atoms with van der Waals surface area (Å²) in [6, 6.07) is 15.9. The van der Waals surface area contributed by atoms with Crippen LogP contribution in [-0.2, 0) is 12.8 Å². The molecule has 0 unspecified atom stereocenters. The Morgan fingerprint density at radius 1 is 0.536 bits per heavy atom. The summed E-state index contributed by atoms with van der Waals surface area (Å²) in [6.45, 7) is 0. The molecule has 0 aliphatic rings. The van der Waals surface area contributed by atoms with Crippen molar-refractivity contribution in [2.45, 2.75) is 12.8 Å². The standard InChI is InChI=1S/C24H18N4/c1(19-5-11-25-12-6-19)3-21-9-15-27-23(17-21)24-18-22(10-16-28-24)4-2-20-7-13-26-14-8-20/h5-18H,1,3H2. The van der Waals surface area contributed by atoms with Crippen molar-refractivity contribution < 1.29 is 0 Å². The van der Waals surface area contributed by atoms with E-state index in [-0.39, 0.29) is 0 Å². The Kier molecular flexibility index (Phi) is 5.46. The van der Waals surface area contributed by atoms with E-state index in [1.54, 1.807) is 18.6 Å². The van der Waals surface area contributed by atoms with Crippen LogP contribution >= 0.6 is 0 Å². The SMILES string of the molecule is C(#Cc1ccnc(-c2cc(CCc3ccncc3)ccn2)c1)c1ccncc1. The van der Waals surface area contributed by atoms with Crippen molar-refractivity contribution >= 4 is 0 Å². The minimum atomic E-state index is 0.826. The molecule has 0 fully saturated rings. The van der Waals surface area contributed by atoms with Gasteiger partial charge in [0.2, 0.25) is 0 Å². The molecule has 4 heterocycles. The number of hydrogen-bond acceptors (Lipinski definition) is 4. The second kappa shape index (κ2) is 8.70. The van der Waals surface area contributed by atoms with Crippen LogP contribution in [0.1, 0.15) is 22.3 Å². The molecule has 4 nitrogen and oxygen atoms in total. The smallest absolute Gasteiger partial charge is 0.0898 e. The van der Waals surface area contributed by atoms with Gasteiger partial charge in [-0.2, -0.15) is 0 Å². The number of hydrogen-bond donors (Lipinski definition) is 0. The number of rotatable bonds is 4. The fourth-order valence-electron chi connectivity index (χ4n) is 2.84. The average Bonchev–Trinajstić information content (AvgIpc) is 2.78. The summed E-state index contributed by atoms with van der Waals surface area (Å²) in [5.74, 6) is 6.33. The molecule has 134 valence electrons. The molecule has 0 aromatic carbocycles. The first kappa shape index (κ1) is 17.6. The molecule has 0 aliphatic heterocycles. The van der Waals surface area contributed by atoms with Crippen LogP contribution < -0.4 is 0 Å². The molecule has 0 atom stereocenters. The van der Waals surface area contributed by atoms with Gasteiger partial charge in [-0.15, -0.1) is 0 Å². The van der Waals surface area contributed by atoms with Gasteiger partial charge < -0.3 is 0 Å². The highest BCUT2D eigenvalue weighted by atomic mass is 14.8. The highest BCUT2D eigenvalue weighted by Crippen LogP contribution is 2.17. The number of nitrogens with zero attached hydrogens (tertiary/aromatic N) is 4. The molecule has 4 heteroatoms. The fourth-order valence-corrected chi connectivity index (χ4v) is 2.84. The normalized spacial score (nSPS) is 10.1. The minimum Gasteiger partial charge on any atom is -0.265 e. The average molecular weight is 362 g/mol. The number of aryl methyl sites for hydroxylation is 2. The third-order valence-corrected chi connectivity index (χ3v) is 4.33. The van der Waals surface area contributed by atoms with Crippen LogP contribution in [0.25, 0.3) is 11.4 Å². The van der Waals surface area contributed by atoms with Crippen LogP contribution in [0.2, 0.25) is 0 Å². The Balaban J connectivity index is 1.52. The second-order valence-corrected chi connectivity index (χ2v) is 6.32. The van der Waals surface area contributed by atoms with Gasteiger partial charge in [0, 0.05) is 48.3 Å². The van der Waals surface area contributed by atoms with E-state index in [1.165, 1.54) is 11.1 Å². The van der Waals surface area contributed by atoms with Crippen LogP contribution in [0.3, 0.4) is 0 Å². The van der Waals surface area contributed by atoms with Gasteiger partial charge in [0.1, 0.15) is 0 Å². The first-order valence-corrected chi connectivity index (χ1v) is 9.09. The van der Waals surface area contributed by atoms with Crippen molar-refractivity contribution in [1.29, 1.82) is 0 Å². The summed E-state index contributed by atoms with van der Waals surface area (Å²) in [6.07, 6.45) is 12.7. The van der Waals surface area contributed by atoms with Crippen molar-refractivity contribution in [1.82, 2.24) is 19.9 Å². The zero-order valence-corrected chi connectivity index (χ0v) is 15.3. The molecule has 28 heavy (non-hydrogen) atoms. The van der Waals surface area contributed by atoms with Gasteiger partial charge in [0.25, 0.3) is 0 Å². The molecule has 0 N–H and O–H groups in total. The van der Waals surface area contributed by atoms with E-state index in [9.17, 15) is 0 Å². The molecule has 0 aliphatic carbocycles. The quantitative estimate of drug-likeness (QED) is 0.513. The maximum Gasteiger partial charge on any atom is 0.0898 e. The molecule has 4 rings (SSSR count). The summed E-state index contributed by atoms with van der Waals surface area (Å²) >= 11 is 0. The molecule has 0 saturated carbocycles. The minimum absolute atomic E-state index is 0.826. The molecule has 0 saturated heterocycles. The van der Waals surface area contributed by atoms with Crippen molar-refractivity contribution in [3.8, 4) is 23.2 Å². The fraction of sp³-hybridized carbons (Fsp3) is 0.0833. The lowest BCUT2D eigenvalue weighted by Gasteiger charge is -2.05. The molecule has 0 amide bonds. The lowest BCUT2D eigenvalue weighted by Crippen LogP contribution is -1.94. The number of pyridine rings is 4. The monoisotopic (exact) mass is 362 g/mol. The lowest BCUT2D eigenvalue weighted by atomic mass is 10.0. The Bertz CT molecular complexity index is 1110. The molecule has 4 aromatic heterocycles. The predicted molar refractivity (Wildman–Crippen MR) is 109 cm³/mol. The molecular weight excluding hydrogens is 344 g/mol. The van der Waals surface area contributed by atoms with Gasteiger partial charge in [0.05, 0.1) is 11.4 Å². The molecule has 0 bridgehead atoms. The molecular formula is C24H18N4. The largest absolute Gasteiger partial charge is 0.265 e. The van der Waals surface area contributed by atoms with Crippen LogP contribution in [-0.4, -0.2) is 19.9 Å². The highest BCUT2D eigenvalue weighted by molar-refractivity contribution is 5.58.